The van der Waals surface area contributed by atoms with Crippen LogP contribution in [0.1, 0.15) is 23.3 Å². The summed E-state index contributed by atoms with van der Waals surface area (Å²) in [6.07, 6.45) is 10.1. The third-order valence-corrected chi connectivity index (χ3v) is 6.21. The lowest BCUT2D eigenvalue weighted by Gasteiger charge is -2.18. The van der Waals surface area contributed by atoms with Crippen LogP contribution >= 0.6 is 22.9 Å². The van der Waals surface area contributed by atoms with Gasteiger partial charge in [0, 0.05) is 28.6 Å². The first kappa shape index (κ1) is 16.1. The molecule has 24 heavy (non-hydrogen) atoms. The van der Waals surface area contributed by atoms with Gasteiger partial charge in [0.1, 0.15) is 0 Å². The van der Waals surface area contributed by atoms with Crippen LogP contribution in [0.3, 0.4) is 0 Å². The first-order valence-corrected chi connectivity index (χ1v) is 9.68. The van der Waals surface area contributed by atoms with Crippen LogP contribution in [0.15, 0.2) is 42.6 Å². The van der Waals surface area contributed by atoms with Gasteiger partial charge in [0.2, 0.25) is 0 Å². The second kappa shape index (κ2) is 7.26. The molecule has 4 rings (SSSR count). The third-order valence-electron chi connectivity index (χ3n) is 4.85. The Morgan fingerprint density at radius 2 is 2.17 bits per heavy atom. The van der Waals surface area contributed by atoms with E-state index in [1.807, 2.05) is 30.5 Å². The largest absolute Gasteiger partial charge is 0.376 e. The fourth-order valence-electron chi connectivity index (χ4n) is 3.57. The number of nitrogens with one attached hydrogen (secondary N) is 1. The summed E-state index contributed by atoms with van der Waals surface area (Å²) in [6, 6.07) is 8.38. The summed E-state index contributed by atoms with van der Waals surface area (Å²) in [6.45, 7) is 1.24. The van der Waals surface area contributed by atoms with Crippen LogP contribution in [0.25, 0.3) is 0 Å². The average Bonchev–Trinajstić information content (AvgIpc) is 3.30. The van der Waals surface area contributed by atoms with Crippen LogP contribution in [-0.2, 0) is 17.8 Å². The minimum absolute atomic E-state index is 0.557. The Hall–Kier alpha value is -1.36. The predicted octanol–water partition coefficient (Wildman–Crippen LogP) is 4.93. The molecule has 3 atom stereocenters. The SMILES string of the molecule is Clc1ccccc1COCCc1cnc(NC2CC3C=CC2C3)s1. The molecule has 2 bridgehead atoms. The molecule has 3 nitrogen and oxygen atoms in total. The van der Waals surface area contributed by atoms with Gasteiger partial charge in [0.05, 0.1) is 13.2 Å². The summed E-state index contributed by atoms with van der Waals surface area (Å²) >= 11 is 7.87. The van der Waals surface area contributed by atoms with Crippen LogP contribution in [0.4, 0.5) is 5.13 Å². The van der Waals surface area contributed by atoms with Gasteiger partial charge in [-0.2, -0.15) is 0 Å². The lowest BCUT2D eigenvalue weighted by atomic mass is 10.0. The molecule has 0 aliphatic heterocycles. The minimum atomic E-state index is 0.557. The molecule has 1 heterocycles. The number of anilines is 1. The Bertz CT molecular complexity index is 730. The molecule has 0 saturated heterocycles. The number of nitrogens with zero attached hydrogens (tertiary/aromatic N) is 1. The Kier molecular flexibility index (Phi) is 4.88. The lowest BCUT2D eigenvalue weighted by molar-refractivity contribution is 0.124. The van der Waals surface area contributed by atoms with E-state index < -0.39 is 0 Å². The van der Waals surface area contributed by atoms with Gasteiger partial charge in [-0.15, -0.1) is 11.3 Å². The van der Waals surface area contributed by atoms with E-state index in [1.54, 1.807) is 11.3 Å². The number of thiazole rings is 1. The van der Waals surface area contributed by atoms with Crippen LogP contribution in [0.5, 0.6) is 0 Å². The molecule has 1 aromatic heterocycles. The maximum atomic E-state index is 6.13. The van der Waals surface area contributed by atoms with Gasteiger partial charge in [-0.3, -0.25) is 0 Å². The molecule has 1 fully saturated rings. The monoisotopic (exact) mass is 360 g/mol. The van der Waals surface area contributed by atoms with Crippen LogP contribution in [-0.4, -0.2) is 17.6 Å². The van der Waals surface area contributed by atoms with Crippen molar-refractivity contribution in [2.75, 3.05) is 11.9 Å². The maximum Gasteiger partial charge on any atom is 0.183 e. The summed E-state index contributed by atoms with van der Waals surface area (Å²) in [5, 5.41) is 5.42. The summed E-state index contributed by atoms with van der Waals surface area (Å²) < 4.78 is 5.75. The molecule has 0 spiro atoms. The first-order chi connectivity index (χ1) is 11.8. The molecular formula is C19H21ClN2OS. The van der Waals surface area contributed by atoms with E-state index in [-0.39, 0.29) is 0 Å². The highest BCUT2D eigenvalue weighted by Crippen LogP contribution is 2.40. The van der Waals surface area contributed by atoms with E-state index in [4.69, 9.17) is 16.3 Å². The molecule has 2 aromatic rings. The summed E-state index contributed by atoms with van der Waals surface area (Å²) in [5.41, 5.74) is 1.04. The zero-order valence-electron chi connectivity index (χ0n) is 13.5. The van der Waals surface area contributed by atoms with E-state index >= 15 is 0 Å². The Balaban J connectivity index is 1.22. The molecule has 3 unspecified atom stereocenters. The normalized spacial score (nSPS) is 24.6. The smallest absolute Gasteiger partial charge is 0.183 e. The van der Waals surface area contributed by atoms with Crippen LogP contribution in [0, 0.1) is 11.8 Å². The number of benzene rings is 1. The van der Waals surface area contributed by atoms with Crippen molar-refractivity contribution in [1.29, 1.82) is 0 Å². The fourth-order valence-corrected chi connectivity index (χ4v) is 4.61. The van der Waals surface area contributed by atoms with E-state index in [2.05, 4.69) is 22.5 Å². The molecule has 1 saturated carbocycles. The lowest BCUT2D eigenvalue weighted by Crippen LogP contribution is -2.23. The van der Waals surface area contributed by atoms with Crippen molar-refractivity contribution in [2.24, 2.45) is 11.8 Å². The van der Waals surface area contributed by atoms with Crippen molar-refractivity contribution >= 4 is 28.1 Å². The van der Waals surface area contributed by atoms with E-state index in [9.17, 15) is 0 Å². The van der Waals surface area contributed by atoms with Crippen molar-refractivity contribution in [2.45, 2.75) is 31.9 Å². The van der Waals surface area contributed by atoms with Crippen LogP contribution in [0.2, 0.25) is 5.02 Å². The number of aromatic nitrogens is 1. The number of fused-ring (bicyclic) bond motifs is 2. The Labute approximate surface area is 151 Å². The molecule has 0 radical (unpaired) electrons. The molecule has 5 heteroatoms. The molecule has 1 N–H and O–H groups in total. The van der Waals surface area contributed by atoms with Crippen molar-refractivity contribution in [3.8, 4) is 0 Å². The Morgan fingerprint density at radius 3 is 2.96 bits per heavy atom. The highest BCUT2D eigenvalue weighted by atomic mass is 35.5. The van der Waals surface area contributed by atoms with E-state index in [1.165, 1.54) is 17.7 Å². The van der Waals surface area contributed by atoms with Gasteiger partial charge in [-0.05, 0) is 36.3 Å². The zero-order valence-corrected chi connectivity index (χ0v) is 15.0. The molecule has 0 amide bonds. The van der Waals surface area contributed by atoms with E-state index in [0.717, 1.165) is 28.1 Å². The van der Waals surface area contributed by atoms with Crippen LogP contribution < -0.4 is 5.32 Å². The maximum absolute atomic E-state index is 6.13. The average molecular weight is 361 g/mol. The second-order valence-corrected chi connectivity index (χ2v) is 8.08. The van der Waals surface area contributed by atoms with Gasteiger partial charge >= 0.3 is 0 Å². The molecule has 2 aliphatic carbocycles. The highest BCUT2D eigenvalue weighted by Gasteiger charge is 2.35. The van der Waals surface area contributed by atoms with Crippen molar-refractivity contribution in [3.05, 3.63) is 58.1 Å². The third kappa shape index (κ3) is 3.66. The summed E-state index contributed by atoms with van der Waals surface area (Å²) in [5.74, 6) is 1.48. The topological polar surface area (TPSA) is 34.1 Å². The summed E-state index contributed by atoms with van der Waals surface area (Å²) in [4.78, 5) is 5.78. The van der Waals surface area contributed by atoms with Gasteiger partial charge < -0.3 is 10.1 Å². The van der Waals surface area contributed by atoms with Gasteiger partial charge in [0.15, 0.2) is 5.13 Å². The summed E-state index contributed by atoms with van der Waals surface area (Å²) in [7, 11) is 0. The number of halogens is 1. The predicted molar refractivity (Wildman–Crippen MR) is 99.7 cm³/mol. The Morgan fingerprint density at radius 1 is 1.25 bits per heavy atom. The van der Waals surface area contributed by atoms with Crippen molar-refractivity contribution in [3.63, 3.8) is 0 Å². The molecular weight excluding hydrogens is 340 g/mol. The van der Waals surface area contributed by atoms with Gasteiger partial charge in [0.25, 0.3) is 0 Å². The highest BCUT2D eigenvalue weighted by molar-refractivity contribution is 7.15. The number of rotatable bonds is 7. The van der Waals surface area contributed by atoms with Gasteiger partial charge in [-0.25, -0.2) is 4.98 Å². The fraction of sp³-hybridized carbons (Fsp3) is 0.421. The number of ether oxygens (including phenoxy) is 1. The van der Waals surface area contributed by atoms with Crippen molar-refractivity contribution < 1.29 is 4.74 Å². The number of hydrogen-bond donors (Lipinski definition) is 1. The van der Waals surface area contributed by atoms with Gasteiger partial charge in [-0.1, -0.05) is 42.0 Å². The standard InChI is InChI=1S/C19H21ClN2OS/c20-17-4-2-1-3-15(17)12-23-8-7-16-11-21-19(24-16)22-18-10-13-5-6-14(18)9-13/h1-6,11,13-14,18H,7-10,12H2,(H,21,22). The molecule has 1 aromatic carbocycles. The number of hydrogen-bond acceptors (Lipinski definition) is 4. The van der Waals surface area contributed by atoms with Crippen molar-refractivity contribution in [1.82, 2.24) is 4.98 Å². The molecule has 126 valence electrons. The molecule has 2 aliphatic rings. The quantitative estimate of drug-likeness (QED) is 0.561. The van der Waals surface area contributed by atoms with E-state index in [0.29, 0.717) is 25.2 Å². The number of allylic oxidation sites excluding steroid dienone is 1. The first-order valence-electron chi connectivity index (χ1n) is 8.48. The zero-order chi connectivity index (χ0) is 16.4. The minimum Gasteiger partial charge on any atom is -0.376 e. The second-order valence-electron chi connectivity index (χ2n) is 6.56.